The number of benzene rings is 1. The molecule has 2 rings (SSSR count). The number of aliphatic hydroxyl groups is 1. The SMILES string of the molecule is [2H]C([2H])([2H])Oc1ccc(C([2H])(C2(O)CCCCC2)C([2H])([2H])N(C)C)cc1. The van der Waals surface area contributed by atoms with Crippen LogP contribution in [0.25, 0.3) is 0 Å². The number of hydrogen-bond donors (Lipinski definition) is 1. The highest BCUT2D eigenvalue weighted by Gasteiger charge is 2.38. The molecule has 1 atom stereocenters. The Bertz CT molecular complexity index is 611. The fourth-order valence-corrected chi connectivity index (χ4v) is 2.74. The van der Waals surface area contributed by atoms with Crippen molar-refractivity contribution in [3.63, 3.8) is 0 Å². The molecule has 0 heterocycles. The summed E-state index contributed by atoms with van der Waals surface area (Å²) in [5.41, 5.74) is -1.23. The fraction of sp³-hybridized carbons (Fsp3) is 0.647. The van der Waals surface area contributed by atoms with E-state index in [4.69, 9.17) is 13.0 Å². The van der Waals surface area contributed by atoms with Crippen LogP contribution >= 0.6 is 0 Å². The number of hydrogen-bond acceptors (Lipinski definition) is 3. The van der Waals surface area contributed by atoms with Crippen LogP contribution in [0.4, 0.5) is 0 Å². The molecule has 0 saturated heterocycles. The summed E-state index contributed by atoms with van der Waals surface area (Å²) < 4.78 is 52.6. The molecule has 112 valence electrons. The second-order valence-corrected chi connectivity index (χ2v) is 5.60. The minimum absolute atomic E-state index is 0.108. The quantitative estimate of drug-likeness (QED) is 0.901. The van der Waals surface area contributed by atoms with E-state index in [0.29, 0.717) is 18.4 Å². The van der Waals surface area contributed by atoms with Crippen LogP contribution < -0.4 is 4.74 Å². The Morgan fingerprint density at radius 1 is 1.35 bits per heavy atom. The van der Waals surface area contributed by atoms with Gasteiger partial charge in [0, 0.05) is 16.5 Å². The zero-order chi connectivity index (χ0) is 19.8. The molecular formula is C17H27NO2. The van der Waals surface area contributed by atoms with Crippen molar-refractivity contribution in [3.05, 3.63) is 29.8 Å². The topological polar surface area (TPSA) is 32.7 Å². The van der Waals surface area contributed by atoms with Gasteiger partial charge >= 0.3 is 0 Å². The first-order valence-electron chi connectivity index (χ1n) is 10.0. The molecule has 1 fully saturated rings. The zero-order valence-electron chi connectivity index (χ0n) is 18.1. The fourth-order valence-electron chi connectivity index (χ4n) is 2.74. The first-order valence-corrected chi connectivity index (χ1v) is 7.03. The molecule has 0 spiro atoms. The summed E-state index contributed by atoms with van der Waals surface area (Å²) in [7, 11) is 0.503. The Morgan fingerprint density at radius 3 is 2.55 bits per heavy atom. The van der Waals surface area contributed by atoms with E-state index in [1.165, 1.54) is 29.2 Å². The van der Waals surface area contributed by atoms with Gasteiger partial charge in [0.05, 0.1) is 16.8 Å². The molecule has 0 amide bonds. The van der Waals surface area contributed by atoms with E-state index in [1.54, 1.807) is 14.1 Å². The van der Waals surface area contributed by atoms with Gasteiger partial charge in [-0.25, -0.2) is 0 Å². The van der Waals surface area contributed by atoms with Gasteiger partial charge in [0.25, 0.3) is 0 Å². The predicted octanol–water partition coefficient (Wildman–Crippen LogP) is 3.04. The summed E-state index contributed by atoms with van der Waals surface area (Å²) in [6, 6.07) is 5.76. The third kappa shape index (κ3) is 3.53. The third-order valence-electron chi connectivity index (χ3n) is 3.74. The van der Waals surface area contributed by atoms with E-state index in [-0.39, 0.29) is 5.75 Å². The Balaban J connectivity index is 2.51. The Hall–Kier alpha value is -1.06. The van der Waals surface area contributed by atoms with E-state index < -0.39 is 25.0 Å². The Kier molecular flexibility index (Phi) is 2.99. The van der Waals surface area contributed by atoms with Gasteiger partial charge in [0.2, 0.25) is 0 Å². The molecule has 0 bridgehead atoms. The first kappa shape index (κ1) is 9.06. The van der Waals surface area contributed by atoms with Crippen LogP contribution in [0.3, 0.4) is 0 Å². The summed E-state index contributed by atoms with van der Waals surface area (Å²) in [6.07, 6.45) is 3.12. The molecule has 0 radical (unpaired) electrons. The van der Waals surface area contributed by atoms with Crippen LogP contribution in [0.15, 0.2) is 24.3 Å². The Morgan fingerprint density at radius 2 is 2.00 bits per heavy atom. The van der Waals surface area contributed by atoms with Crippen LogP contribution in [0, 0.1) is 0 Å². The van der Waals surface area contributed by atoms with Gasteiger partial charge in [0.15, 0.2) is 0 Å². The maximum atomic E-state index is 11.3. The molecule has 1 aromatic carbocycles. The maximum absolute atomic E-state index is 11.3. The number of nitrogens with zero attached hydrogens (tertiary/aromatic N) is 1. The average Bonchev–Trinajstić information content (AvgIpc) is 2.53. The van der Waals surface area contributed by atoms with Crippen molar-refractivity contribution in [3.8, 4) is 5.75 Å². The number of rotatable bonds is 5. The van der Waals surface area contributed by atoms with E-state index in [2.05, 4.69) is 0 Å². The number of likely N-dealkylation sites (N-methyl/N-ethyl adjacent to an activating group) is 1. The molecule has 0 aliphatic heterocycles. The lowest BCUT2D eigenvalue weighted by atomic mass is 9.72. The van der Waals surface area contributed by atoms with Crippen molar-refractivity contribution >= 4 is 0 Å². The van der Waals surface area contributed by atoms with Gasteiger partial charge in [-0.3, -0.25) is 0 Å². The number of methoxy groups -OCH3 is 1. The predicted molar refractivity (Wildman–Crippen MR) is 82.3 cm³/mol. The van der Waals surface area contributed by atoms with E-state index in [0.717, 1.165) is 19.3 Å². The molecule has 1 saturated carbocycles. The molecule has 1 aromatic rings. The lowest BCUT2D eigenvalue weighted by Crippen LogP contribution is -2.42. The van der Waals surface area contributed by atoms with Crippen LogP contribution in [-0.4, -0.2) is 43.2 Å². The molecular weight excluding hydrogens is 250 g/mol. The van der Waals surface area contributed by atoms with Crippen LogP contribution in [0.5, 0.6) is 5.75 Å². The highest BCUT2D eigenvalue weighted by molar-refractivity contribution is 5.31. The highest BCUT2D eigenvalue weighted by Crippen LogP contribution is 2.40. The van der Waals surface area contributed by atoms with Crippen molar-refractivity contribution in [2.75, 3.05) is 27.6 Å². The zero-order valence-corrected chi connectivity index (χ0v) is 12.1. The maximum Gasteiger partial charge on any atom is 0.118 e. The van der Waals surface area contributed by atoms with Gasteiger partial charge < -0.3 is 14.7 Å². The van der Waals surface area contributed by atoms with Crippen molar-refractivity contribution in [2.45, 2.75) is 43.6 Å². The third-order valence-corrected chi connectivity index (χ3v) is 3.74. The van der Waals surface area contributed by atoms with Crippen molar-refractivity contribution < 1.29 is 18.1 Å². The molecule has 1 aliphatic rings. The van der Waals surface area contributed by atoms with Crippen LogP contribution in [-0.2, 0) is 0 Å². The highest BCUT2D eigenvalue weighted by atomic mass is 16.5. The minimum atomic E-state index is -2.58. The second-order valence-electron chi connectivity index (χ2n) is 5.60. The molecule has 0 aromatic heterocycles. The summed E-state index contributed by atoms with van der Waals surface area (Å²) in [4.78, 5) is 1.30. The summed E-state index contributed by atoms with van der Waals surface area (Å²) >= 11 is 0. The van der Waals surface area contributed by atoms with Crippen molar-refractivity contribution in [2.24, 2.45) is 0 Å². The molecule has 20 heavy (non-hydrogen) atoms. The summed E-state index contributed by atoms with van der Waals surface area (Å²) in [5.74, 6) is -1.83. The van der Waals surface area contributed by atoms with Gasteiger partial charge in [-0.15, -0.1) is 0 Å². The van der Waals surface area contributed by atoms with Crippen molar-refractivity contribution in [1.82, 2.24) is 4.90 Å². The second kappa shape index (κ2) is 6.59. The molecule has 3 nitrogen and oxygen atoms in total. The molecule has 1 N–H and O–H groups in total. The molecule has 1 unspecified atom stereocenters. The van der Waals surface area contributed by atoms with Gasteiger partial charge in [-0.1, -0.05) is 31.4 Å². The normalized spacial score (nSPS) is 27.2. The summed E-state index contributed by atoms with van der Waals surface area (Å²) in [6.45, 7) is -2.15. The van der Waals surface area contributed by atoms with Gasteiger partial charge in [-0.2, -0.15) is 0 Å². The smallest absolute Gasteiger partial charge is 0.118 e. The molecule has 1 aliphatic carbocycles. The minimum Gasteiger partial charge on any atom is -0.497 e. The molecule has 3 heteroatoms. The Labute approximate surface area is 131 Å². The van der Waals surface area contributed by atoms with Gasteiger partial charge in [0.1, 0.15) is 5.75 Å². The van der Waals surface area contributed by atoms with Crippen LogP contribution in [0.2, 0.25) is 0 Å². The summed E-state index contributed by atoms with van der Waals surface area (Å²) in [5, 5.41) is 11.3. The monoisotopic (exact) mass is 283 g/mol. The van der Waals surface area contributed by atoms with E-state index in [1.807, 2.05) is 0 Å². The van der Waals surface area contributed by atoms with E-state index >= 15 is 0 Å². The standard InChI is InChI=1S/C17H27NO2/c1-18(2)13-16(17(19)11-5-4-6-12-17)14-7-9-15(20-3)10-8-14/h7-10,16,19H,4-6,11-13H2,1-3H3/i3D3,13D2,16D. The first-order chi connectivity index (χ1) is 11.8. The van der Waals surface area contributed by atoms with Gasteiger partial charge in [-0.05, 0) is 44.6 Å². The van der Waals surface area contributed by atoms with Crippen molar-refractivity contribution in [1.29, 1.82) is 0 Å². The lowest BCUT2D eigenvalue weighted by molar-refractivity contribution is -0.0277. The lowest BCUT2D eigenvalue weighted by Gasteiger charge is -2.40. The van der Waals surface area contributed by atoms with E-state index in [9.17, 15) is 5.11 Å². The average molecular weight is 283 g/mol. The number of ether oxygens (including phenoxy) is 1. The van der Waals surface area contributed by atoms with Crippen LogP contribution in [0.1, 0.15) is 51.8 Å². The largest absolute Gasteiger partial charge is 0.497 e.